The van der Waals surface area contributed by atoms with Crippen LogP contribution in [0.4, 0.5) is 0 Å². The summed E-state index contributed by atoms with van der Waals surface area (Å²) >= 11 is -2.94. The van der Waals surface area contributed by atoms with Crippen LogP contribution in [-0.2, 0) is 34.0 Å². The quantitative estimate of drug-likeness (QED) is 0.148. The first-order valence-corrected chi connectivity index (χ1v) is 21.9. The van der Waals surface area contributed by atoms with Crippen LogP contribution in [0.25, 0.3) is 0 Å². The van der Waals surface area contributed by atoms with E-state index < -0.39 is 18.4 Å². The number of carbonyl (C=O) groups is 3. The summed E-state index contributed by atoms with van der Waals surface area (Å²) in [6.07, 6.45) is 14.3. The number of aromatic nitrogens is 2. The van der Waals surface area contributed by atoms with E-state index in [1.807, 2.05) is 0 Å². The first-order valence-electron chi connectivity index (χ1n) is 15.0. The molecule has 8 heteroatoms. The summed E-state index contributed by atoms with van der Waals surface area (Å²) in [5.41, 5.74) is 1.10. The number of benzene rings is 1. The Kier molecular flexibility index (Phi) is 11.6. The van der Waals surface area contributed by atoms with E-state index in [0.29, 0.717) is 6.54 Å². The van der Waals surface area contributed by atoms with Gasteiger partial charge in [-0.25, -0.2) is 0 Å². The van der Waals surface area contributed by atoms with Gasteiger partial charge in [-0.3, -0.25) is 0 Å². The summed E-state index contributed by atoms with van der Waals surface area (Å²) in [6.45, 7) is 14.5. The normalized spacial score (nSPS) is 13.9. The molecule has 1 aromatic heterocycles. The van der Waals surface area contributed by atoms with Crippen molar-refractivity contribution in [2.24, 2.45) is 0 Å². The fourth-order valence-electron chi connectivity index (χ4n) is 6.11. The van der Waals surface area contributed by atoms with E-state index >= 15 is 0 Å². The number of carbonyl (C=O) groups excluding carboxylic acids is 3. The Morgan fingerprint density at radius 3 is 2.10 bits per heavy atom. The average molecular weight is 656 g/mol. The summed E-state index contributed by atoms with van der Waals surface area (Å²) in [7, 11) is 1.79. The molecule has 7 nitrogen and oxygen atoms in total. The second kappa shape index (κ2) is 14.5. The Morgan fingerprint density at radius 1 is 0.975 bits per heavy atom. The molecule has 3 rings (SSSR count). The number of unbranched alkanes of at least 4 members (excludes halogenated alkanes) is 2. The molecule has 0 aliphatic carbocycles. The van der Waals surface area contributed by atoms with Crippen LogP contribution < -0.4 is 8.15 Å². The topological polar surface area (TPSA) is 66.5 Å². The predicted octanol–water partition coefficient (Wildman–Crippen LogP) is 4.81. The minimum absolute atomic E-state index is 0.0758. The Hall–Kier alpha value is -2.42. The van der Waals surface area contributed by atoms with E-state index in [2.05, 4.69) is 86.7 Å². The van der Waals surface area contributed by atoms with Crippen LogP contribution in [0.5, 0.6) is 0 Å². The van der Waals surface area contributed by atoms with Gasteiger partial charge in [-0.05, 0) is 0 Å². The average Bonchev–Trinajstić information content (AvgIpc) is 3.52. The van der Waals surface area contributed by atoms with Crippen molar-refractivity contribution in [1.82, 2.24) is 14.4 Å². The Balaban J connectivity index is 1.78. The minimum atomic E-state index is -2.94. The number of imide groups is 1. The molecule has 218 valence electrons. The number of hydrogen-bond acceptors (Lipinski definition) is 3. The van der Waals surface area contributed by atoms with Crippen LogP contribution in [0.3, 0.4) is 0 Å². The number of rotatable bonds is 16. The molecular weight excluding hydrogens is 607 g/mol. The zero-order valence-corrected chi connectivity index (χ0v) is 28.3. The number of nitrogens with zero attached hydrogens (tertiary/aromatic N) is 4. The molecule has 40 heavy (non-hydrogen) atoms. The molecule has 0 saturated carbocycles. The van der Waals surface area contributed by atoms with Crippen molar-refractivity contribution < 1.29 is 19.0 Å². The van der Waals surface area contributed by atoms with Gasteiger partial charge in [0.2, 0.25) is 0 Å². The van der Waals surface area contributed by atoms with Crippen molar-refractivity contribution in [3.63, 3.8) is 0 Å². The molecule has 0 spiro atoms. The predicted molar refractivity (Wildman–Crippen MR) is 163 cm³/mol. The SMILES string of the molecule is CCC[CH2][Sn]([CH2]CCC)([c]1ccc(CN(C)C(=O)CCN2C(=O)C=CC2=O)cc1)[C](C)(C)C[n+]1ccn(CC)c1. The van der Waals surface area contributed by atoms with Crippen LogP contribution in [0.15, 0.2) is 55.1 Å². The Morgan fingerprint density at radius 2 is 1.57 bits per heavy atom. The van der Waals surface area contributed by atoms with Crippen LogP contribution >= 0.6 is 0 Å². The van der Waals surface area contributed by atoms with Gasteiger partial charge in [0.05, 0.1) is 0 Å². The Bertz CT molecular complexity index is 1160. The maximum absolute atomic E-state index is 12.8. The summed E-state index contributed by atoms with van der Waals surface area (Å²) in [4.78, 5) is 39.2. The first kappa shape index (κ1) is 32.1. The van der Waals surface area contributed by atoms with Crippen LogP contribution in [0, 0.1) is 0 Å². The third-order valence-electron chi connectivity index (χ3n) is 8.70. The maximum atomic E-state index is 12.8. The first-order chi connectivity index (χ1) is 19.1. The van der Waals surface area contributed by atoms with Crippen molar-refractivity contribution in [2.75, 3.05) is 13.6 Å². The van der Waals surface area contributed by atoms with Crippen molar-refractivity contribution >= 4 is 39.7 Å². The number of hydrogen-bond donors (Lipinski definition) is 0. The van der Waals surface area contributed by atoms with Gasteiger partial charge in [-0.15, -0.1) is 0 Å². The molecule has 0 saturated heterocycles. The molecule has 2 heterocycles. The fourth-order valence-corrected chi connectivity index (χ4v) is 23.7. The molecule has 0 fully saturated rings. The van der Waals surface area contributed by atoms with Gasteiger partial charge in [0.15, 0.2) is 0 Å². The van der Waals surface area contributed by atoms with Crippen LogP contribution in [0.2, 0.25) is 12.3 Å². The van der Waals surface area contributed by atoms with Gasteiger partial charge in [-0.2, -0.15) is 0 Å². The van der Waals surface area contributed by atoms with Gasteiger partial charge >= 0.3 is 246 Å². The third-order valence-corrected chi connectivity index (χ3v) is 27.5. The monoisotopic (exact) mass is 657 g/mol. The molecule has 0 atom stereocenters. The standard InChI is InChI=1S/C15H15N2O3.C9H16N2.2C4H9.Sn/c1-16(11-12-5-3-2-4-6-12)13(18)9-10-17-14(19)7-8-15(17)20;1-4-10-5-6-11(8-10)7-9(2)3;2*1-3-4-2;/h3-8H,9-11H2,1H3;5-6,8H,4,7H2,1-3H3;2*1,3-4H2,2H3;/q;+1;;;. The summed E-state index contributed by atoms with van der Waals surface area (Å²) < 4.78 is 9.17. The van der Waals surface area contributed by atoms with Gasteiger partial charge in [-0.1, -0.05) is 0 Å². The summed E-state index contributed by atoms with van der Waals surface area (Å²) in [6, 6.07) is 9.20. The van der Waals surface area contributed by atoms with E-state index in [4.69, 9.17) is 0 Å². The summed E-state index contributed by atoms with van der Waals surface area (Å²) in [5, 5.41) is 0. The molecule has 0 bridgehead atoms. The molecule has 3 amide bonds. The van der Waals surface area contributed by atoms with E-state index in [1.54, 1.807) is 15.5 Å². The van der Waals surface area contributed by atoms with Crippen LogP contribution in [0.1, 0.15) is 72.3 Å². The van der Waals surface area contributed by atoms with E-state index in [9.17, 15) is 14.4 Å². The molecule has 1 aliphatic heterocycles. The molecule has 0 N–H and O–H groups in total. The van der Waals surface area contributed by atoms with Gasteiger partial charge < -0.3 is 0 Å². The van der Waals surface area contributed by atoms with Gasteiger partial charge in [0.1, 0.15) is 0 Å². The zero-order valence-electron chi connectivity index (χ0n) is 25.5. The van der Waals surface area contributed by atoms with Crippen molar-refractivity contribution in [3.8, 4) is 0 Å². The van der Waals surface area contributed by atoms with Crippen molar-refractivity contribution in [3.05, 3.63) is 60.7 Å². The second-order valence-electron chi connectivity index (χ2n) is 11.9. The van der Waals surface area contributed by atoms with Gasteiger partial charge in [0.25, 0.3) is 0 Å². The van der Waals surface area contributed by atoms with Crippen molar-refractivity contribution in [2.45, 2.75) is 98.7 Å². The Labute approximate surface area is 245 Å². The third kappa shape index (κ3) is 7.65. The molecular formula is C32H49N4O3Sn+. The molecule has 1 aromatic carbocycles. The van der Waals surface area contributed by atoms with Crippen molar-refractivity contribution in [1.29, 1.82) is 0 Å². The number of amides is 3. The molecule has 1 aliphatic rings. The zero-order chi connectivity index (χ0) is 29.3. The fraction of sp³-hybridized carbons (Fsp3) is 0.562. The molecule has 0 radical (unpaired) electrons. The number of aryl methyl sites for hydroxylation is 1. The van der Waals surface area contributed by atoms with Gasteiger partial charge in [0, 0.05) is 0 Å². The summed E-state index contributed by atoms with van der Waals surface area (Å²) in [5.74, 6) is -0.768. The number of imidazole rings is 1. The van der Waals surface area contributed by atoms with Crippen LogP contribution in [-0.4, -0.2) is 64.1 Å². The molecule has 0 unspecified atom stereocenters. The van der Waals surface area contributed by atoms with E-state index in [-0.39, 0.29) is 34.1 Å². The second-order valence-corrected chi connectivity index (χ2v) is 26.5. The van der Waals surface area contributed by atoms with E-state index in [0.717, 1.165) is 23.6 Å². The van der Waals surface area contributed by atoms with E-state index in [1.165, 1.54) is 46.7 Å². The molecule has 2 aromatic rings.